The van der Waals surface area contributed by atoms with Gasteiger partial charge in [0.25, 0.3) is 5.56 Å². The Kier molecular flexibility index (Phi) is 4.48. The van der Waals surface area contributed by atoms with Crippen molar-refractivity contribution >= 4 is 39.3 Å². The molecular weight excluding hydrogens is 336 g/mol. The number of aromatic nitrogens is 2. The quantitative estimate of drug-likeness (QED) is 0.516. The SMILES string of the molecule is CCC1(C)Cc2c(sc3nc(SCC(=O)OC)[nH]c(=O)c23)CO1. The zero-order valence-electron chi connectivity index (χ0n) is 13.2. The first-order valence-electron chi connectivity index (χ1n) is 7.34. The van der Waals surface area contributed by atoms with Crippen LogP contribution in [0.2, 0.25) is 0 Å². The molecule has 0 amide bonds. The molecule has 2 aromatic rings. The topological polar surface area (TPSA) is 81.3 Å². The summed E-state index contributed by atoms with van der Waals surface area (Å²) in [5, 5.41) is 1.10. The lowest BCUT2D eigenvalue weighted by atomic mass is 9.90. The third-order valence-electron chi connectivity index (χ3n) is 4.13. The van der Waals surface area contributed by atoms with Crippen LogP contribution in [0.3, 0.4) is 0 Å². The van der Waals surface area contributed by atoms with Gasteiger partial charge in [-0.05, 0) is 18.9 Å². The molecule has 6 nitrogen and oxygen atoms in total. The lowest BCUT2D eigenvalue weighted by Crippen LogP contribution is -2.34. The second-order valence-corrected chi connectivity index (χ2v) is 7.74. The fourth-order valence-corrected chi connectivity index (χ4v) is 4.39. The maximum atomic E-state index is 12.5. The zero-order valence-corrected chi connectivity index (χ0v) is 14.9. The molecule has 1 unspecified atom stereocenters. The molecule has 0 saturated heterocycles. The highest BCUT2D eigenvalue weighted by Gasteiger charge is 2.32. The first-order valence-corrected chi connectivity index (χ1v) is 9.14. The second-order valence-electron chi connectivity index (χ2n) is 5.69. The van der Waals surface area contributed by atoms with Crippen molar-refractivity contribution in [2.45, 2.75) is 44.1 Å². The number of aromatic amines is 1. The van der Waals surface area contributed by atoms with Crippen molar-refractivity contribution in [2.75, 3.05) is 12.9 Å². The fourth-order valence-electron chi connectivity index (χ4n) is 2.54. The highest BCUT2D eigenvalue weighted by Crippen LogP contribution is 2.38. The Morgan fingerprint density at radius 1 is 1.57 bits per heavy atom. The van der Waals surface area contributed by atoms with Gasteiger partial charge in [0, 0.05) is 11.3 Å². The molecule has 3 heterocycles. The number of esters is 1. The average Bonchev–Trinajstić information content (AvgIpc) is 2.90. The van der Waals surface area contributed by atoms with Gasteiger partial charge in [-0.3, -0.25) is 9.59 Å². The number of methoxy groups -OCH3 is 1. The molecule has 1 atom stereocenters. The van der Waals surface area contributed by atoms with E-state index in [4.69, 9.17) is 4.74 Å². The van der Waals surface area contributed by atoms with Crippen molar-refractivity contribution in [1.82, 2.24) is 9.97 Å². The second kappa shape index (κ2) is 6.26. The number of nitrogens with one attached hydrogen (secondary N) is 1. The van der Waals surface area contributed by atoms with Crippen molar-refractivity contribution < 1.29 is 14.3 Å². The van der Waals surface area contributed by atoms with Crippen LogP contribution in [0.1, 0.15) is 30.7 Å². The Bertz CT molecular complexity index is 814. The molecule has 124 valence electrons. The molecule has 0 spiro atoms. The van der Waals surface area contributed by atoms with Gasteiger partial charge < -0.3 is 14.5 Å². The third-order valence-corrected chi connectivity index (χ3v) is 6.07. The smallest absolute Gasteiger partial charge is 0.316 e. The van der Waals surface area contributed by atoms with E-state index in [1.165, 1.54) is 30.2 Å². The van der Waals surface area contributed by atoms with E-state index >= 15 is 0 Å². The first-order chi connectivity index (χ1) is 11.0. The predicted molar refractivity (Wildman–Crippen MR) is 90.2 cm³/mol. The van der Waals surface area contributed by atoms with E-state index in [1.54, 1.807) is 0 Å². The predicted octanol–water partition coefficient (Wildman–Crippen LogP) is 2.49. The summed E-state index contributed by atoms with van der Waals surface area (Å²) in [6.07, 6.45) is 1.61. The Morgan fingerprint density at radius 3 is 3.04 bits per heavy atom. The van der Waals surface area contributed by atoms with Crippen LogP contribution in [0.25, 0.3) is 10.2 Å². The van der Waals surface area contributed by atoms with E-state index in [2.05, 4.69) is 28.6 Å². The standard InChI is InChI=1S/C15H18N2O4S2/c1-4-15(2)5-8-9(6-21-15)23-13-11(8)12(19)16-14(17-13)22-7-10(18)20-3/h4-7H2,1-3H3,(H,16,17,19). The minimum Gasteiger partial charge on any atom is -0.468 e. The van der Waals surface area contributed by atoms with Crippen LogP contribution in [-0.2, 0) is 27.3 Å². The van der Waals surface area contributed by atoms with Crippen LogP contribution in [0.4, 0.5) is 0 Å². The van der Waals surface area contributed by atoms with Crippen molar-refractivity contribution in [3.8, 4) is 0 Å². The molecule has 0 radical (unpaired) electrons. The molecule has 8 heteroatoms. The van der Waals surface area contributed by atoms with Crippen LogP contribution < -0.4 is 5.56 Å². The van der Waals surface area contributed by atoms with Crippen LogP contribution in [0.5, 0.6) is 0 Å². The summed E-state index contributed by atoms with van der Waals surface area (Å²) >= 11 is 2.66. The van der Waals surface area contributed by atoms with Gasteiger partial charge in [0.2, 0.25) is 0 Å². The van der Waals surface area contributed by atoms with Gasteiger partial charge in [-0.2, -0.15) is 0 Å². The van der Waals surface area contributed by atoms with Gasteiger partial charge >= 0.3 is 5.97 Å². The maximum Gasteiger partial charge on any atom is 0.316 e. The summed E-state index contributed by atoms with van der Waals surface area (Å²) in [5.74, 6) is -0.233. The number of H-pyrrole nitrogens is 1. The van der Waals surface area contributed by atoms with Crippen molar-refractivity contribution in [3.63, 3.8) is 0 Å². The van der Waals surface area contributed by atoms with E-state index in [1.807, 2.05) is 0 Å². The lowest BCUT2D eigenvalue weighted by Gasteiger charge is -2.32. The van der Waals surface area contributed by atoms with Gasteiger partial charge in [-0.1, -0.05) is 18.7 Å². The lowest BCUT2D eigenvalue weighted by molar-refractivity contribution is -0.137. The van der Waals surface area contributed by atoms with Crippen LogP contribution >= 0.6 is 23.1 Å². The molecule has 0 bridgehead atoms. The molecular formula is C15H18N2O4S2. The summed E-state index contributed by atoms with van der Waals surface area (Å²) < 4.78 is 10.5. The molecule has 23 heavy (non-hydrogen) atoms. The molecule has 0 saturated carbocycles. The maximum absolute atomic E-state index is 12.5. The number of nitrogens with zero attached hydrogens (tertiary/aromatic N) is 1. The first kappa shape index (κ1) is 16.5. The molecule has 3 rings (SSSR count). The number of carbonyl (C=O) groups excluding carboxylic acids is 1. The number of ether oxygens (including phenoxy) is 2. The minimum atomic E-state index is -0.352. The summed E-state index contributed by atoms with van der Waals surface area (Å²) in [6, 6.07) is 0. The molecule has 0 aliphatic carbocycles. The highest BCUT2D eigenvalue weighted by atomic mass is 32.2. The number of thioether (sulfide) groups is 1. The normalized spacial score (nSPS) is 20.5. The number of carbonyl (C=O) groups is 1. The van der Waals surface area contributed by atoms with Gasteiger partial charge in [0.05, 0.1) is 30.5 Å². The largest absolute Gasteiger partial charge is 0.468 e. The van der Waals surface area contributed by atoms with Crippen LogP contribution in [0.15, 0.2) is 9.95 Å². The van der Waals surface area contributed by atoms with E-state index in [-0.39, 0.29) is 22.9 Å². The van der Waals surface area contributed by atoms with Crippen LogP contribution in [-0.4, -0.2) is 34.4 Å². The summed E-state index contributed by atoms with van der Waals surface area (Å²) in [4.78, 5) is 32.7. The van der Waals surface area contributed by atoms with Crippen LogP contribution in [0, 0.1) is 0 Å². The summed E-state index contributed by atoms with van der Waals surface area (Å²) in [5.41, 5.74) is 0.672. The number of hydrogen-bond acceptors (Lipinski definition) is 7. The van der Waals surface area contributed by atoms with Gasteiger partial charge in [0.1, 0.15) is 4.83 Å². The number of hydrogen-bond donors (Lipinski definition) is 1. The molecule has 0 fully saturated rings. The van der Waals surface area contributed by atoms with Gasteiger partial charge in [-0.15, -0.1) is 11.3 Å². The van der Waals surface area contributed by atoms with Gasteiger partial charge in [-0.25, -0.2) is 4.98 Å². The summed E-state index contributed by atoms with van der Waals surface area (Å²) in [7, 11) is 1.33. The van der Waals surface area contributed by atoms with E-state index in [9.17, 15) is 9.59 Å². The molecule has 2 aromatic heterocycles. The average molecular weight is 354 g/mol. The number of thiophene rings is 1. The minimum absolute atomic E-state index is 0.118. The molecule has 1 aliphatic rings. The fraction of sp³-hybridized carbons (Fsp3) is 0.533. The van der Waals surface area contributed by atoms with E-state index in [0.29, 0.717) is 22.0 Å². The highest BCUT2D eigenvalue weighted by molar-refractivity contribution is 7.99. The molecule has 0 aromatic carbocycles. The van der Waals surface area contributed by atoms with Crippen molar-refractivity contribution in [1.29, 1.82) is 0 Å². The Hall–Kier alpha value is -1.38. The number of fused-ring (bicyclic) bond motifs is 3. The van der Waals surface area contributed by atoms with Gasteiger partial charge in [0.15, 0.2) is 5.16 Å². The zero-order chi connectivity index (χ0) is 16.6. The Morgan fingerprint density at radius 2 is 2.35 bits per heavy atom. The Labute approximate surface area is 141 Å². The monoisotopic (exact) mass is 354 g/mol. The number of rotatable bonds is 4. The molecule has 1 N–H and O–H groups in total. The molecule has 1 aliphatic heterocycles. The Balaban J connectivity index is 1.98. The third kappa shape index (κ3) is 3.15. The van der Waals surface area contributed by atoms with E-state index in [0.717, 1.165) is 23.3 Å². The van der Waals surface area contributed by atoms with Crippen molar-refractivity contribution in [3.05, 3.63) is 20.8 Å². The van der Waals surface area contributed by atoms with E-state index < -0.39 is 0 Å². The van der Waals surface area contributed by atoms with Crippen molar-refractivity contribution in [2.24, 2.45) is 0 Å². The summed E-state index contributed by atoms with van der Waals surface area (Å²) in [6.45, 7) is 4.68.